The summed E-state index contributed by atoms with van der Waals surface area (Å²) in [5.41, 5.74) is 6.07. The lowest BCUT2D eigenvalue weighted by atomic mass is 10.3. The minimum atomic E-state index is -3.35. The van der Waals surface area contributed by atoms with Gasteiger partial charge in [0.15, 0.2) is 9.84 Å². The highest BCUT2D eigenvalue weighted by molar-refractivity contribution is 9.10. The third-order valence-electron chi connectivity index (χ3n) is 2.67. The van der Waals surface area contributed by atoms with E-state index >= 15 is 0 Å². The lowest BCUT2D eigenvalue weighted by Crippen LogP contribution is -2.14. The van der Waals surface area contributed by atoms with Crippen LogP contribution in [0.4, 0.5) is 5.69 Å². The number of halogens is 1. The van der Waals surface area contributed by atoms with Crippen LogP contribution in [0.1, 0.15) is 0 Å². The van der Waals surface area contributed by atoms with Gasteiger partial charge in [0.25, 0.3) is 0 Å². The van der Waals surface area contributed by atoms with E-state index < -0.39 is 9.84 Å². The summed E-state index contributed by atoms with van der Waals surface area (Å²) in [6, 6.07) is 13.4. The standard InChI is InChI=1S/C14H14BrNO3S/c15-11-1-5-13(6-2-11)19-9-10-20(17,18)14-7-3-12(16)4-8-14/h1-8H,9-10,16H2. The van der Waals surface area contributed by atoms with Gasteiger partial charge in [-0.3, -0.25) is 0 Å². The number of nitrogen functional groups attached to an aromatic ring is 1. The summed E-state index contributed by atoms with van der Waals surface area (Å²) in [5.74, 6) is 0.563. The van der Waals surface area contributed by atoms with Crippen molar-refractivity contribution in [2.75, 3.05) is 18.1 Å². The molecule has 0 aromatic heterocycles. The van der Waals surface area contributed by atoms with E-state index in [0.29, 0.717) is 11.4 Å². The molecule has 20 heavy (non-hydrogen) atoms. The van der Waals surface area contributed by atoms with Gasteiger partial charge in [-0.2, -0.15) is 0 Å². The van der Waals surface area contributed by atoms with Gasteiger partial charge < -0.3 is 10.5 Å². The van der Waals surface area contributed by atoms with E-state index in [9.17, 15) is 8.42 Å². The molecule has 0 aliphatic heterocycles. The molecule has 0 atom stereocenters. The third kappa shape index (κ3) is 3.98. The van der Waals surface area contributed by atoms with Crippen LogP contribution in [0.5, 0.6) is 5.75 Å². The number of benzene rings is 2. The molecule has 0 aliphatic rings. The van der Waals surface area contributed by atoms with Crippen LogP contribution in [0.25, 0.3) is 0 Å². The fraction of sp³-hybridized carbons (Fsp3) is 0.143. The Bertz CT molecular complexity index is 667. The fourth-order valence-electron chi connectivity index (χ4n) is 1.59. The van der Waals surface area contributed by atoms with E-state index in [1.54, 1.807) is 24.3 Å². The maximum Gasteiger partial charge on any atom is 0.181 e. The van der Waals surface area contributed by atoms with Crippen LogP contribution in [0, 0.1) is 0 Å². The molecule has 2 aromatic carbocycles. The molecular weight excluding hydrogens is 342 g/mol. The van der Waals surface area contributed by atoms with Crippen LogP contribution in [0.2, 0.25) is 0 Å². The van der Waals surface area contributed by atoms with Crippen molar-refractivity contribution in [3.05, 3.63) is 53.0 Å². The molecule has 2 rings (SSSR count). The number of hydrogen-bond donors (Lipinski definition) is 1. The molecular formula is C14H14BrNO3S. The van der Waals surface area contributed by atoms with Gasteiger partial charge in [-0.05, 0) is 48.5 Å². The Morgan fingerprint density at radius 2 is 1.60 bits per heavy atom. The maximum atomic E-state index is 12.1. The van der Waals surface area contributed by atoms with Gasteiger partial charge in [0, 0.05) is 10.2 Å². The highest BCUT2D eigenvalue weighted by atomic mass is 79.9. The van der Waals surface area contributed by atoms with E-state index in [-0.39, 0.29) is 17.3 Å². The van der Waals surface area contributed by atoms with E-state index in [1.807, 2.05) is 12.1 Å². The van der Waals surface area contributed by atoms with Gasteiger partial charge in [0.1, 0.15) is 12.4 Å². The van der Waals surface area contributed by atoms with E-state index in [0.717, 1.165) is 4.47 Å². The first-order chi connectivity index (χ1) is 9.47. The van der Waals surface area contributed by atoms with Crippen LogP contribution in [-0.4, -0.2) is 20.8 Å². The third-order valence-corrected chi connectivity index (χ3v) is 4.90. The molecule has 0 bridgehead atoms. The normalized spacial score (nSPS) is 11.2. The maximum absolute atomic E-state index is 12.1. The Labute approximate surface area is 126 Å². The summed E-state index contributed by atoms with van der Waals surface area (Å²) in [6.45, 7) is 0.105. The van der Waals surface area contributed by atoms with Gasteiger partial charge in [-0.25, -0.2) is 8.42 Å². The molecule has 2 aromatic rings. The second-order valence-electron chi connectivity index (χ2n) is 4.19. The predicted molar refractivity (Wildman–Crippen MR) is 82.5 cm³/mol. The number of anilines is 1. The van der Waals surface area contributed by atoms with Crippen LogP contribution in [0.3, 0.4) is 0 Å². The minimum absolute atomic E-state index is 0.0764. The lowest BCUT2D eigenvalue weighted by Gasteiger charge is -2.07. The quantitative estimate of drug-likeness (QED) is 0.837. The summed E-state index contributed by atoms with van der Waals surface area (Å²) >= 11 is 3.32. The summed E-state index contributed by atoms with van der Waals surface area (Å²) in [7, 11) is -3.35. The largest absolute Gasteiger partial charge is 0.493 e. The molecule has 0 radical (unpaired) electrons. The highest BCUT2D eigenvalue weighted by Crippen LogP contribution is 2.17. The first kappa shape index (κ1) is 14.9. The summed E-state index contributed by atoms with van der Waals surface area (Å²) in [4.78, 5) is 0.256. The first-order valence-electron chi connectivity index (χ1n) is 5.94. The van der Waals surface area contributed by atoms with Crippen molar-refractivity contribution in [1.29, 1.82) is 0 Å². The Balaban J connectivity index is 1.96. The van der Waals surface area contributed by atoms with Crippen LogP contribution < -0.4 is 10.5 Å². The molecule has 2 N–H and O–H groups in total. The van der Waals surface area contributed by atoms with Gasteiger partial charge in [0.05, 0.1) is 10.6 Å². The summed E-state index contributed by atoms with van der Waals surface area (Å²) in [6.07, 6.45) is 0. The lowest BCUT2D eigenvalue weighted by molar-refractivity contribution is 0.341. The molecule has 0 fully saturated rings. The minimum Gasteiger partial charge on any atom is -0.493 e. The van der Waals surface area contributed by atoms with Crippen molar-refractivity contribution >= 4 is 31.5 Å². The second-order valence-corrected chi connectivity index (χ2v) is 7.22. The predicted octanol–water partition coefficient (Wildman–Crippen LogP) is 2.88. The molecule has 0 saturated heterocycles. The van der Waals surface area contributed by atoms with Crippen molar-refractivity contribution in [1.82, 2.24) is 0 Å². The number of sulfone groups is 1. The Morgan fingerprint density at radius 1 is 1.00 bits per heavy atom. The average Bonchev–Trinajstić information content (AvgIpc) is 2.41. The molecule has 0 saturated carbocycles. The number of rotatable bonds is 5. The SMILES string of the molecule is Nc1ccc(S(=O)(=O)CCOc2ccc(Br)cc2)cc1. The number of ether oxygens (including phenoxy) is 1. The van der Waals surface area contributed by atoms with E-state index in [1.165, 1.54) is 12.1 Å². The van der Waals surface area contributed by atoms with Gasteiger partial charge in [-0.1, -0.05) is 15.9 Å². The zero-order valence-corrected chi connectivity index (χ0v) is 13.0. The van der Waals surface area contributed by atoms with Crippen LogP contribution in [-0.2, 0) is 9.84 Å². The highest BCUT2D eigenvalue weighted by Gasteiger charge is 2.14. The Kier molecular flexibility index (Phi) is 4.67. The van der Waals surface area contributed by atoms with Crippen molar-refractivity contribution < 1.29 is 13.2 Å². The zero-order valence-electron chi connectivity index (χ0n) is 10.6. The molecule has 0 aliphatic carbocycles. The number of hydrogen-bond acceptors (Lipinski definition) is 4. The molecule has 0 spiro atoms. The van der Waals surface area contributed by atoms with Crippen LogP contribution in [0.15, 0.2) is 57.9 Å². The van der Waals surface area contributed by atoms with Crippen molar-refractivity contribution in [2.45, 2.75) is 4.90 Å². The first-order valence-corrected chi connectivity index (χ1v) is 8.38. The molecule has 6 heteroatoms. The summed E-state index contributed by atoms with van der Waals surface area (Å²) in [5, 5.41) is 0. The Hall–Kier alpha value is -1.53. The van der Waals surface area contributed by atoms with Gasteiger partial charge in [-0.15, -0.1) is 0 Å². The molecule has 0 unspecified atom stereocenters. The molecule has 0 amide bonds. The molecule has 4 nitrogen and oxygen atoms in total. The van der Waals surface area contributed by atoms with Crippen molar-refractivity contribution in [3.63, 3.8) is 0 Å². The average molecular weight is 356 g/mol. The van der Waals surface area contributed by atoms with E-state index in [4.69, 9.17) is 10.5 Å². The smallest absolute Gasteiger partial charge is 0.181 e. The van der Waals surface area contributed by atoms with Crippen LogP contribution >= 0.6 is 15.9 Å². The molecule has 0 heterocycles. The van der Waals surface area contributed by atoms with Gasteiger partial charge in [0.2, 0.25) is 0 Å². The van der Waals surface area contributed by atoms with Crippen molar-refractivity contribution in [3.8, 4) is 5.75 Å². The van der Waals surface area contributed by atoms with E-state index in [2.05, 4.69) is 15.9 Å². The topological polar surface area (TPSA) is 69.4 Å². The van der Waals surface area contributed by atoms with Crippen molar-refractivity contribution in [2.24, 2.45) is 0 Å². The monoisotopic (exact) mass is 355 g/mol. The zero-order chi connectivity index (χ0) is 14.6. The molecule has 106 valence electrons. The fourth-order valence-corrected chi connectivity index (χ4v) is 2.95. The van der Waals surface area contributed by atoms with Gasteiger partial charge >= 0.3 is 0 Å². The Morgan fingerprint density at radius 3 is 2.20 bits per heavy atom. The number of nitrogens with two attached hydrogens (primary N) is 1. The summed E-state index contributed by atoms with van der Waals surface area (Å²) < 4.78 is 30.5. The second kappa shape index (κ2) is 6.28.